The van der Waals surface area contributed by atoms with Gasteiger partial charge in [0.2, 0.25) is 5.82 Å². The van der Waals surface area contributed by atoms with Crippen LogP contribution in [0.2, 0.25) is 0 Å². The van der Waals surface area contributed by atoms with Gasteiger partial charge >= 0.3 is 0 Å². The first-order valence-corrected chi connectivity index (χ1v) is 11.0. The van der Waals surface area contributed by atoms with Crippen LogP contribution in [-0.2, 0) is 9.84 Å². The van der Waals surface area contributed by atoms with Crippen LogP contribution < -0.4 is 5.32 Å². The van der Waals surface area contributed by atoms with E-state index >= 15 is 0 Å². The summed E-state index contributed by atoms with van der Waals surface area (Å²) in [6.45, 7) is 4.66. The van der Waals surface area contributed by atoms with Gasteiger partial charge in [-0.1, -0.05) is 13.0 Å². The van der Waals surface area contributed by atoms with Crippen LogP contribution in [0.15, 0.2) is 24.4 Å². The number of sulfone groups is 1. The Balaban J connectivity index is 1.98. The van der Waals surface area contributed by atoms with Gasteiger partial charge in [-0.2, -0.15) is 0 Å². The molecule has 27 heavy (non-hydrogen) atoms. The number of rotatable bonds is 6. The molecule has 1 unspecified atom stereocenters. The molecular formula is C18H24N4O4S. The Morgan fingerprint density at radius 3 is 2.74 bits per heavy atom. The first-order valence-electron chi connectivity index (χ1n) is 9.14. The van der Waals surface area contributed by atoms with Crippen LogP contribution in [0.1, 0.15) is 47.8 Å². The van der Waals surface area contributed by atoms with Gasteiger partial charge in [0, 0.05) is 25.3 Å². The minimum absolute atomic E-state index is 0.0280. The lowest BCUT2D eigenvalue weighted by Gasteiger charge is -2.26. The average molecular weight is 392 g/mol. The van der Waals surface area contributed by atoms with Crippen LogP contribution in [0.4, 0.5) is 0 Å². The third kappa shape index (κ3) is 3.83. The number of hydrogen-bond acceptors (Lipinski definition) is 5. The van der Waals surface area contributed by atoms with Crippen molar-refractivity contribution in [3.8, 4) is 0 Å². The summed E-state index contributed by atoms with van der Waals surface area (Å²) in [4.78, 5) is 31.5. The molecule has 0 radical (unpaired) electrons. The average Bonchev–Trinajstić information content (AvgIpc) is 3.20. The number of amides is 2. The molecule has 1 fully saturated rings. The van der Waals surface area contributed by atoms with E-state index in [1.807, 2.05) is 13.8 Å². The molecule has 2 amide bonds. The normalized spacial score (nSPS) is 18.5. The maximum Gasteiger partial charge on any atom is 0.290 e. The summed E-state index contributed by atoms with van der Waals surface area (Å²) >= 11 is 0. The van der Waals surface area contributed by atoms with Gasteiger partial charge in [0.05, 0.1) is 17.0 Å². The number of carbonyl (C=O) groups excluding carboxylic acids is 2. The molecule has 8 nitrogen and oxygen atoms in total. The van der Waals surface area contributed by atoms with Crippen LogP contribution >= 0.6 is 0 Å². The molecule has 3 rings (SSSR count). The standard InChI is InChI=1S/C18H24N4O4S/c1-3-9-19-17(23)15-14-7-5-6-10-22(14)16(20-15)18(24)21(4-2)13-8-11-27(25,26)12-13/h5-7,10,13H,3-4,8-9,11-12H2,1-2H3,(H,19,23). The highest BCUT2D eigenvalue weighted by molar-refractivity contribution is 7.91. The van der Waals surface area contributed by atoms with Gasteiger partial charge in [-0.05, 0) is 31.9 Å². The largest absolute Gasteiger partial charge is 0.351 e. The molecule has 1 aliphatic rings. The zero-order chi connectivity index (χ0) is 19.6. The molecule has 1 N–H and O–H groups in total. The van der Waals surface area contributed by atoms with Crippen molar-refractivity contribution in [2.75, 3.05) is 24.6 Å². The second-order valence-electron chi connectivity index (χ2n) is 6.64. The first kappa shape index (κ1) is 19.3. The monoisotopic (exact) mass is 392 g/mol. The van der Waals surface area contributed by atoms with E-state index in [4.69, 9.17) is 0 Å². The number of aromatic nitrogens is 2. The Labute approximate surface area is 158 Å². The molecule has 0 saturated carbocycles. The fourth-order valence-corrected chi connectivity index (χ4v) is 5.13. The summed E-state index contributed by atoms with van der Waals surface area (Å²) in [5.41, 5.74) is 0.743. The summed E-state index contributed by atoms with van der Waals surface area (Å²) in [7, 11) is -3.11. The van der Waals surface area contributed by atoms with E-state index < -0.39 is 9.84 Å². The van der Waals surface area contributed by atoms with E-state index in [0.717, 1.165) is 6.42 Å². The maximum atomic E-state index is 13.2. The van der Waals surface area contributed by atoms with Crippen molar-refractivity contribution < 1.29 is 18.0 Å². The zero-order valence-corrected chi connectivity index (χ0v) is 16.3. The van der Waals surface area contributed by atoms with Crippen molar-refractivity contribution >= 4 is 27.2 Å². The third-order valence-electron chi connectivity index (χ3n) is 4.74. The molecule has 9 heteroatoms. The molecule has 0 aromatic carbocycles. The molecule has 1 atom stereocenters. The Bertz CT molecular complexity index is 967. The van der Waals surface area contributed by atoms with Crippen molar-refractivity contribution in [3.05, 3.63) is 35.9 Å². The molecule has 146 valence electrons. The van der Waals surface area contributed by atoms with Gasteiger partial charge in [0.1, 0.15) is 0 Å². The van der Waals surface area contributed by atoms with E-state index in [1.54, 1.807) is 33.7 Å². The SMILES string of the molecule is CCCNC(=O)c1nc(C(=O)N(CC)C2CCS(=O)(=O)C2)n2ccccc12. The lowest BCUT2D eigenvalue weighted by Crippen LogP contribution is -2.41. The highest BCUT2D eigenvalue weighted by atomic mass is 32.2. The van der Waals surface area contributed by atoms with Crippen LogP contribution in [0.25, 0.3) is 5.52 Å². The predicted octanol–water partition coefficient (Wildman–Crippen LogP) is 1.12. The van der Waals surface area contributed by atoms with Gasteiger partial charge in [-0.3, -0.25) is 14.0 Å². The van der Waals surface area contributed by atoms with Gasteiger partial charge in [-0.25, -0.2) is 13.4 Å². The van der Waals surface area contributed by atoms with Gasteiger partial charge < -0.3 is 10.2 Å². The van der Waals surface area contributed by atoms with Crippen LogP contribution in [0.3, 0.4) is 0 Å². The van der Waals surface area contributed by atoms with Crippen LogP contribution in [-0.4, -0.2) is 65.2 Å². The van der Waals surface area contributed by atoms with Crippen molar-refractivity contribution in [1.82, 2.24) is 19.6 Å². The minimum atomic E-state index is -3.11. The summed E-state index contributed by atoms with van der Waals surface area (Å²) in [5.74, 6) is -0.506. The third-order valence-corrected chi connectivity index (χ3v) is 6.49. The smallest absolute Gasteiger partial charge is 0.290 e. The summed E-state index contributed by atoms with van der Waals surface area (Å²) in [6.07, 6.45) is 2.91. The molecule has 1 aliphatic heterocycles. The number of fused-ring (bicyclic) bond motifs is 1. The fraction of sp³-hybridized carbons (Fsp3) is 0.500. The first-order chi connectivity index (χ1) is 12.9. The number of hydrogen-bond donors (Lipinski definition) is 1. The van der Waals surface area contributed by atoms with Crippen molar-refractivity contribution in [2.24, 2.45) is 0 Å². The minimum Gasteiger partial charge on any atom is -0.351 e. The summed E-state index contributed by atoms with van der Waals surface area (Å²) < 4.78 is 25.2. The molecule has 2 aromatic rings. The Kier molecular flexibility index (Phi) is 5.50. The molecule has 0 aliphatic carbocycles. The van der Waals surface area contributed by atoms with Gasteiger partial charge in [0.15, 0.2) is 15.5 Å². The van der Waals surface area contributed by atoms with Crippen LogP contribution in [0, 0.1) is 0 Å². The number of pyridine rings is 1. The number of imidazole rings is 1. The molecule has 2 aromatic heterocycles. The zero-order valence-electron chi connectivity index (χ0n) is 15.5. The maximum absolute atomic E-state index is 13.2. The quantitative estimate of drug-likeness (QED) is 0.794. The molecule has 3 heterocycles. The highest BCUT2D eigenvalue weighted by Crippen LogP contribution is 2.21. The van der Waals surface area contributed by atoms with Crippen molar-refractivity contribution in [3.63, 3.8) is 0 Å². The number of carbonyl (C=O) groups is 2. The molecule has 1 saturated heterocycles. The second-order valence-corrected chi connectivity index (χ2v) is 8.87. The fourth-order valence-electron chi connectivity index (χ4n) is 3.40. The topological polar surface area (TPSA) is 101 Å². The summed E-state index contributed by atoms with van der Waals surface area (Å²) in [5, 5.41) is 2.78. The molecule has 0 bridgehead atoms. The van der Waals surface area contributed by atoms with Crippen molar-refractivity contribution in [2.45, 2.75) is 32.7 Å². The Hall–Kier alpha value is -2.42. The van der Waals surface area contributed by atoms with Gasteiger partial charge in [0.25, 0.3) is 11.8 Å². The second kappa shape index (κ2) is 7.67. The Morgan fingerprint density at radius 2 is 2.11 bits per heavy atom. The molecule has 0 spiro atoms. The summed E-state index contributed by atoms with van der Waals surface area (Å²) in [6, 6.07) is 4.92. The number of nitrogens with one attached hydrogen (secondary N) is 1. The van der Waals surface area contributed by atoms with E-state index in [-0.39, 0.29) is 40.9 Å². The lowest BCUT2D eigenvalue weighted by atomic mass is 10.2. The number of nitrogens with zero attached hydrogens (tertiary/aromatic N) is 3. The van der Waals surface area contributed by atoms with E-state index in [1.165, 1.54) is 0 Å². The Morgan fingerprint density at radius 1 is 1.33 bits per heavy atom. The van der Waals surface area contributed by atoms with Crippen molar-refractivity contribution in [1.29, 1.82) is 0 Å². The predicted molar refractivity (Wildman–Crippen MR) is 102 cm³/mol. The van der Waals surface area contributed by atoms with E-state index in [2.05, 4.69) is 10.3 Å². The van der Waals surface area contributed by atoms with Crippen LogP contribution in [0.5, 0.6) is 0 Å². The van der Waals surface area contributed by atoms with E-state index in [9.17, 15) is 18.0 Å². The van der Waals surface area contributed by atoms with E-state index in [0.29, 0.717) is 25.0 Å². The molecular weight excluding hydrogens is 368 g/mol. The lowest BCUT2D eigenvalue weighted by molar-refractivity contribution is 0.0695. The highest BCUT2D eigenvalue weighted by Gasteiger charge is 2.36. The van der Waals surface area contributed by atoms with Gasteiger partial charge in [-0.15, -0.1) is 0 Å².